The summed E-state index contributed by atoms with van der Waals surface area (Å²) in [4.78, 5) is 22.7. The lowest BCUT2D eigenvalue weighted by Gasteiger charge is -1.91. The lowest BCUT2D eigenvalue weighted by molar-refractivity contribution is 0.0691. The van der Waals surface area contributed by atoms with Crippen LogP contribution in [0.25, 0.3) is 11.5 Å². The Bertz CT molecular complexity index is 515. The number of aromatic nitrogens is 3. The highest BCUT2D eigenvalue weighted by atomic mass is 32.1. The Morgan fingerprint density at radius 1 is 1.53 bits per heavy atom. The topological polar surface area (TPSA) is 78.9 Å². The van der Waals surface area contributed by atoms with Crippen LogP contribution in [0.15, 0.2) is 6.20 Å². The van der Waals surface area contributed by atoms with Crippen LogP contribution in [0.2, 0.25) is 0 Å². The van der Waals surface area contributed by atoms with Gasteiger partial charge >= 0.3 is 5.97 Å². The number of H-pyrrole nitrogens is 1. The van der Waals surface area contributed by atoms with Gasteiger partial charge in [-0.2, -0.15) is 0 Å². The molecular weight excluding hydrogens is 214 g/mol. The van der Waals surface area contributed by atoms with E-state index < -0.39 is 5.97 Å². The molecule has 6 heteroatoms. The number of thiazole rings is 1. The number of hydrogen-bond donors (Lipinski definition) is 2. The molecule has 0 radical (unpaired) electrons. The van der Waals surface area contributed by atoms with E-state index in [1.165, 1.54) is 6.20 Å². The van der Waals surface area contributed by atoms with Crippen LogP contribution in [-0.4, -0.2) is 26.0 Å². The maximum Gasteiger partial charge on any atom is 0.353 e. The largest absolute Gasteiger partial charge is 0.477 e. The molecule has 5 nitrogen and oxygen atoms in total. The predicted octanol–water partition coefficient (Wildman–Crippen LogP) is 1.85. The van der Waals surface area contributed by atoms with Crippen LogP contribution in [0.1, 0.15) is 20.4 Å². The molecular formula is C9H9N3O2S. The fourth-order valence-corrected chi connectivity index (χ4v) is 2.12. The molecule has 0 aliphatic rings. The first kappa shape index (κ1) is 9.85. The lowest BCUT2D eigenvalue weighted by atomic mass is 10.4. The second-order valence-corrected chi connectivity index (χ2v) is 4.50. The van der Waals surface area contributed by atoms with E-state index in [0.29, 0.717) is 5.82 Å². The van der Waals surface area contributed by atoms with Crippen molar-refractivity contribution in [2.75, 3.05) is 0 Å². The van der Waals surface area contributed by atoms with Crippen molar-refractivity contribution in [1.29, 1.82) is 0 Å². The number of nitrogens with one attached hydrogen (secondary N) is 1. The average molecular weight is 223 g/mol. The molecule has 2 rings (SSSR count). The molecule has 0 spiro atoms. The van der Waals surface area contributed by atoms with Crippen molar-refractivity contribution in [1.82, 2.24) is 15.0 Å². The minimum absolute atomic E-state index is 0.0788. The summed E-state index contributed by atoms with van der Waals surface area (Å²) in [5.74, 6) is -0.507. The summed E-state index contributed by atoms with van der Waals surface area (Å²) >= 11 is 1.56. The van der Waals surface area contributed by atoms with E-state index in [9.17, 15) is 4.79 Å². The van der Waals surface area contributed by atoms with Gasteiger partial charge in [0.05, 0.1) is 11.2 Å². The molecule has 2 aromatic heterocycles. The first-order valence-corrected chi connectivity index (χ1v) is 5.12. The van der Waals surface area contributed by atoms with Crippen LogP contribution in [-0.2, 0) is 0 Å². The molecule has 0 aliphatic heterocycles. The number of nitrogens with zero attached hydrogens (tertiary/aromatic N) is 2. The summed E-state index contributed by atoms with van der Waals surface area (Å²) in [5.41, 5.74) is 0.806. The molecule has 0 aromatic carbocycles. The van der Waals surface area contributed by atoms with Gasteiger partial charge in [-0.3, -0.25) is 0 Å². The molecule has 0 aliphatic carbocycles. The third kappa shape index (κ3) is 1.75. The normalized spacial score (nSPS) is 10.5. The maximum atomic E-state index is 10.6. The molecule has 0 saturated heterocycles. The first-order valence-electron chi connectivity index (χ1n) is 4.30. The van der Waals surface area contributed by atoms with Crippen molar-refractivity contribution in [3.05, 3.63) is 21.8 Å². The molecule has 0 atom stereocenters. The molecule has 0 bridgehead atoms. The smallest absolute Gasteiger partial charge is 0.353 e. The van der Waals surface area contributed by atoms with Gasteiger partial charge in [-0.15, -0.1) is 11.3 Å². The molecule has 2 aromatic rings. The standard InChI is InChI=1S/C9H9N3O2S/c1-4-7(11-5(2)15-4)8-10-3-6(12-8)9(13)14/h3H,1-2H3,(H,10,12)(H,13,14). The van der Waals surface area contributed by atoms with Crippen molar-refractivity contribution in [2.24, 2.45) is 0 Å². The number of aromatic amines is 1. The van der Waals surface area contributed by atoms with Gasteiger partial charge in [0.25, 0.3) is 0 Å². The van der Waals surface area contributed by atoms with Crippen molar-refractivity contribution < 1.29 is 9.90 Å². The summed E-state index contributed by atoms with van der Waals surface area (Å²) in [6, 6.07) is 0. The van der Waals surface area contributed by atoms with Crippen LogP contribution in [0.3, 0.4) is 0 Å². The quantitative estimate of drug-likeness (QED) is 0.814. The Hall–Kier alpha value is -1.69. The van der Waals surface area contributed by atoms with Gasteiger partial charge in [0.15, 0.2) is 5.82 Å². The number of imidazole rings is 1. The second-order valence-electron chi connectivity index (χ2n) is 3.09. The van der Waals surface area contributed by atoms with Gasteiger partial charge in [-0.25, -0.2) is 14.8 Å². The second kappa shape index (κ2) is 3.47. The van der Waals surface area contributed by atoms with E-state index >= 15 is 0 Å². The predicted molar refractivity (Wildman–Crippen MR) is 56.1 cm³/mol. The van der Waals surface area contributed by atoms with Crippen LogP contribution < -0.4 is 0 Å². The molecule has 0 saturated carbocycles. The molecule has 78 valence electrons. The van der Waals surface area contributed by atoms with Crippen LogP contribution in [0.5, 0.6) is 0 Å². The molecule has 2 heterocycles. The minimum atomic E-state index is -1.02. The zero-order chi connectivity index (χ0) is 11.0. The SMILES string of the molecule is Cc1nc(-c2ncc(C(=O)O)[nH]2)c(C)s1. The van der Waals surface area contributed by atoms with Crippen LogP contribution >= 0.6 is 11.3 Å². The highest BCUT2D eigenvalue weighted by Crippen LogP contribution is 2.24. The molecule has 15 heavy (non-hydrogen) atoms. The van der Waals surface area contributed by atoms with Crippen molar-refractivity contribution in [2.45, 2.75) is 13.8 Å². The third-order valence-electron chi connectivity index (χ3n) is 1.93. The number of carbonyl (C=O) groups is 1. The molecule has 0 amide bonds. The van der Waals surface area contributed by atoms with E-state index in [1.807, 2.05) is 13.8 Å². The van der Waals surface area contributed by atoms with Gasteiger partial charge < -0.3 is 10.1 Å². The summed E-state index contributed by atoms with van der Waals surface area (Å²) in [6.07, 6.45) is 1.30. The first-order chi connectivity index (χ1) is 7.08. The lowest BCUT2D eigenvalue weighted by Crippen LogP contribution is -1.95. The molecule has 2 N–H and O–H groups in total. The minimum Gasteiger partial charge on any atom is -0.477 e. The Labute approximate surface area is 89.8 Å². The monoisotopic (exact) mass is 223 g/mol. The molecule has 0 fully saturated rings. The summed E-state index contributed by atoms with van der Waals surface area (Å²) < 4.78 is 0. The Morgan fingerprint density at radius 3 is 2.73 bits per heavy atom. The van der Waals surface area contributed by atoms with E-state index in [-0.39, 0.29) is 5.69 Å². The van der Waals surface area contributed by atoms with Crippen LogP contribution in [0, 0.1) is 13.8 Å². The zero-order valence-corrected chi connectivity index (χ0v) is 9.05. The number of carboxylic acid groups (broad SMARTS) is 1. The number of hydrogen-bond acceptors (Lipinski definition) is 4. The summed E-state index contributed by atoms with van der Waals surface area (Å²) in [6.45, 7) is 3.84. The van der Waals surface area contributed by atoms with Gasteiger partial charge in [-0.05, 0) is 13.8 Å². The Balaban J connectivity index is 2.45. The number of rotatable bonds is 2. The van der Waals surface area contributed by atoms with E-state index in [4.69, 9.17) is 5.11 Å². The molecule has 0 unspecified atom stereocenters. The third-order valence-corrected chi connectivity index (χ3v) is 2.82. The maximum absolute atomic E-state index is 10.6. The highest BCUT2D eigenvalue weighted by Gasteiger charge is 2.13. The number of aromatic carboxylic acids is 1. The van der Waals surface area contributed by atoms with E-state index in [2.05, 4.69) is 15.0 Å². The van der Waals surface area contributed by atoms with Crippen molar-refractivity contribution in [3.63, 3.8) is 0 Å². The van der Waals surface area contributed by atoms with Crippen molar-refractivity contribution in [3.8, 4) is 11.5 Å². The number of carboxylic acids is 1. The van der Waals surface area contributed by atoms with Gasteiger partial charge in [0.1, 0.15) is 11.4 Å². The van der Waals surface area contributed by atoms with Gasteiger partial charge in [0.2, 0.25) is 0 Å². The van der Waals surface area contributed by atoms with Gasteiger partial charge in [0, 0.05) is 4.88 Å². The number of aryl methyl sites for hydroxylation is 2. The van der Waals surface area contributed by atoms with E-state index in [1.54, 1.807) is 11.3 Å². The van der Waals surface area contributed by atoms with Crippen LogP contribution in [0.4, 0.5) is 0 Å². The van der Waals surface area contributed by atoms with Crippen molar-refractivity contribution >= 4 is 17.3 Å². The fraction of sp³-hybridized carbons (Fsp3) is 0.222. The van der Waals surface area contributed by atoms with Gasteiger partial charge in [-0.1, -0.05) is 0 Å². The average Bonchev–Trinajstić information content (AvgIpc) is 2.71. The Morgan fingerprint density at radius 2 is 2.27 bits per heavy atom. The highest BCUT2D eigenvalue weighted by molar-refractivity contribution is 7.11. The Kier molecular flexibility index (Phi) is 2.28. The fourth-order valence-electron chi connectivity index (χ4n) is 1.30. The van der Waals surface area contributed by atoms with E-state index in [0.717, 1.165) is 15.6 Å². The summed E-state index contributed by atoms with van der Waals surface area (Å²) in [5, 5.41) is 9.67. The summed E-state index contributed by atoms with van der Waals surface area (Å²) in [7, 11) is 0. The zero-order valence-electron chi connectivity index (χ0n) is 8.24.